The number of aliphatic hydroxyl groups is 2. The minimum Gasteiger partial charge on any atom is -0.507 e. The maximum Gasteiger partial charge on any atom is 0.338 e. The predicted molar refractivity (Wildman–Crippen MR) is 139 cm³/mol. The molecule has 6 atom stereocenters. The zero-order valence-corrected chi connectivity index (χ0v) is 22.7. The summed E-state index contributed by atoms with van der Waals surface area (Å²) in [5, 5.41) is 44.3. The number of ether oxygens (including phenoxy) is 4. The zero-order chi connectivity index (χ0) is 28.4. The number of halogens is 1. The Balaban J connectivity index is 0.00000370. The molecule has 1 fully saturated rings. The summed E-state index contributed by atoms with van der Waals surface area (Å²) in [6, 6.07) is 3.68. The number of esters is 1. The number of nitrogens with two attached hydrogens (primary N) is 1. The normalized spacial score (nSPS) is 29.0. The van der Waals surface area contributed by atoms with Crippen LogP contribution in [0.15, 0.2) is 18.2 Å². The van der Waals surface area contributed by atoms with Crippen LogP contribution < -0.4 is 10.5 Å². The lowest BCUT2D eigenvalue weighted by atomic mass is 9.73. The number of carbonyl (C=O) groups is 3. The predicted octanol–water partition coefficient (Wildman–Crippen LogP) is 1.03. The fourth-order valence-electron chi connectivity index (χ4n) is 5.74. The molecule has 1 aliphatic heterocycles. The van der Waals surface area contributed by atoms with E-state index in [1.54, 1.807) is 6.92 Å². The molecule has 0 saturated carbocycles. The molecular formula is C27H30ClNO11. The topological polar surface area (TPSA) is 195 Å². The van der Waals surface area contributed by atoms with Crippen molar-refractivity contribution in [2.45, 2.75) is 62.4 Å². The van der Waals surface area contributed by atoms with Crippen LogP contribution in [0.4, 0.5) is 0 Å². The first kappa shape index (κ1) is 29.7. The summed E-state index contributed by atoms with van der Waals surface area (Å²) >= 11 is 0. The van der Waals surface area contributed by atoms with Crippen LogP contribution in [0.2, 0.25) is 0 Å². The van der Waals surface area contributed by atoms with Crippen LogP contribution >= 0.6 is 12.4 Å². The van der Waals surface area contributed by atoms with Gasteiger partial charge in [0.05, 0.1) is 49.2 Å². The van der Waals surface area contributed by atoms with E-state index >= 15 is 0 Å². The summed E-state index contributed by atoms with van der Waals surface area (Å²) < 4.78 is 21.8. The van der Waals surface area contributed by atoms with Crippen molar-refractivity contribution in [1.29, 1.82) is 0 Å². The Labute approximate surface area is 235 Å². The second kappa shape index (κ2) is 10.6. The van der Waals surface area contributed by atoms with E-state index in [0.717, 1.165) is 7.11 Å². The van der Waals surface area contributed by atoms with E-state index in [4.69, 9.17) is 24.7 Å². The summed E-state index contributed by atoms with van der Waals surface area (Å²) in [6.45, 7) is 1.59. The number of methoxy groups -OCH3 is 2. The minimum absolute atomic E-state index is 0. The molecular weight excluding hydrogens is 550 g/mol. The Kier molecular flexibility index (Phi) is 7.89. The van der Waals surface area contributed by atoms with Gasteiger partial charge in [-0.25, -0.2) is 4.79 Å². The maximum atomic E-state index is 13.7. The van der Waals surface area contributed by atoms with Gasteiger partial charge in [0, 0.05) is 42.0 Å². The summed E-state index contributed by atoms with van der Waals surface area (Å²) in [5.74, 6) is -3.74. The average molecular weight is 580 g/mol. The molecule has 2 aromatic rings. The van der Waals surface area contributed by atoms with Crippen LogP contribution in [0.25, 0.3) is 0 Å². The molecule has 0 amide bonds. The summed E-state index contributed by atoms with van der Waals surface area (Å²) in [7, 11) is 2.41. The number of hydrogen-bond donors (Lipinski definition) is 5. The van der Waals surface area contributed by atoms with E-state index in [2.05, 4.69) is 0 Å². The fraction of sp³-hybridized carbons (Fsp3) is 0.444. The van der Waals surface area contributed by atoms with Crippen LogP contribution in [0, 0.1) is 0 Å². The highest BCUT2D eigenvalue weighted by Gasteiger charge is 2.51. The van der Waals surface area contributed by atoms with Crippen molar-refractivity contribution in [2.75, 3.05) is 14.2 Å². The van der Waals surface area contributed by atoms with Crippen LogP contribution in [0.3, 0.4) is 0 Å². The summed E-state index contributed by atoms with van der Waals surface area (Å²) in [6.07, 6.45) is -4.95. The highest BCUT2D eigenvalue weighted by atomic mass is 35.5. The quantitative estimate of drug-likeness (QED) is 0.218. The lowest BCUT2D eigenvalue weighted by Crippen LogP contribution is -2.52. The molecule has 0 aromatic heterocycles. The number of fused-ring (bicyclic) bond motifs is 3. The molecule has 1 heterocycles. The van der Waals surface area contributed by atoms with Gasteiger partial charge in [-0.2, -0.15) is 0 Å². The van der Waals surface area contributed by atoms with Gasteiger partial charge in [0.1, 0.15) is 17.2 Å². The van der Waals surface area contributed by atoms with Gasteiger partial charge >= 0.3 is 5.97 Å². The third-order valence-corrected chi connectivity index (χ3v) is 7.71. The molecule has 1 saturated heterocycles. The van der Waals surface area contributed by atoms with E-state index in [9.17, 15) is 34.8 Å². The van der Waals surface area contributed by atoms with Gasteiger partial charge in [0.2, 0.25) is 5.78 Å². The minimum atomic E-state index is -2.21. The lowest BCUT2D eigenvalue weighted by molar-refractivity contribution is -0.248. The molecule has 6 N–H and O–H groups in total. The molecule has 0 spiro atoms. The molecule has 4 unspecified atom stereocenters. The highest BCUT2D eigenvalue weighted by molar-refractivity contribution is 6.31. The molecule has 3 aliphatic rings. The molecule has 216 valence electrons. The van der Waals surface area contributed by atoms with E-state index in [1.165, 1.54) is 25.3 Å². The van der Waals surface area contributed by atoms with Gasteiger partial charge in [-0.15, -0.1) is 12.4 Å². The molecule has 0 bridgehead atoms. The Morgan fingerprint density at radius 3 is 2.40 bits per heavy atom. The van der Waals surface area contributed by atoms with Gasteiger partial charge in [-0.1, -0.05) is 12.1 Å². The van der Waals surface area contributed by atoms with E-state index in [-0.39, 0.29) is 46.8 Å². The molecule has 2 aromatic carbocycles. The van der Waals surface area contributed by atoms with Gasteiger partial charge < -0.3 is 45.1 Å². The van der Waals surface area contributed by atoms with Crippen molar-refractivity contribution in [2.24, 2.45) is 5.73 Å². The Hall–Kier alpha value is -3.26. The third-order valence-electron chi connectivity index (χ3n) is 7.71. The zero-order valence-electron chi connectivity index (χ0n) is 21.9. The van der Waals surface area contributed by atoms with Crippen molar-refractivity contribution >= 4 is 29.9 Å². The van der Waals surface area contributed by atoms with Gasteiger partial charge in [0.25, 0.3) is 0 Å². The summed E-state index contributed by atoms with van der Waals surface area (Å²) in [5.41, 5.74) is 2.54. The van der Waals surface area contributed by atoms with E-state index in [0.29, 0.717) is 0 Å². The molecule has 40 heavy (non-hydrogen) atoms. The first-order valence-corrected chi connectivity index (χ1v) is 12.4. The van der Waals surface area contributed by atoms with Crippen molar-refractivity contribution < 1.29 is 53.8 Å². The first-order chi connectivity index (χ1) is 18.4. The monoisotopic (exact) mass is 579 g/mol. The SMILES string of the molecule is COC(=O)[C@]1(O)Cc2c(O)c3c(c(O)c2[C@@H](OC2CC(N)C(O)C(C)O2)C1)C(=O)c1c(OC)cccc1C3=O.Cl. The largest absolute Gasteiger partial charge is 0.507 e. The van der Waals surface area contributed by atoms with Crippen LogP contribution in [-0.2, 0) is 25.4 Å². The smallest absolute Gasteiger partial charge is 0.338 e. The molecule has 0 radical (unpaired) electrons. The van der Waals surface area contributed by atoms with Crippen LogP contribution in [0.5, 0.6) is 17.2 Å². The standard InChI is InChI=1S/C27H29NO11.ClH/c1-10-21(29)13(28)7-16(38-10)39-15-9-27(35,26(34)37-3)8-12-18(15)25(33)20-19(23(12)31)22(30)11-5-4-6-14(36-2)17(11)24(20)32;/h4-6,10,13,15-16,21,29,31,33,35H,7-9,28H2,1-3H3;1H/t10?,13?,15-,16?,21?,27-;/m0./s1. The van der Waals surface area contributed by atoms with E-state index in [1.807, 2.05) is 0 Å². The number of ketones is 2. The number of hydrogen-bond acceptors (Lipinski definition) is 12. The average Bonchev–Trinajstić information content (AvgIpc) is 2.90. The molecule has 2 aliphatic carbocycles. The maximum absolute atomic E-state index is 13.7. The molecule has 5 rings (SSSR count). The van der Waals surface area contributed by atoms with E-state index < -0.39 is 89.2 Å². The van der Waals surface area contributed by atoms with Crippen molar-refractivity contribution in [3.63, 3.8) is 0 Å². The van der Waals surface area contributed by atoms with Crippen molar-refractivity contribution in [3.8, 4) is 17.2 Å². The Morgan fingerprint density at radius 2 is 1.77 bits per heavy atom. The van der Waals surface area contributed by atoms with Crippen LogP contribution in [0.1, 0.15) is 68.8 Å². The number of benzene rings is 2. The number of phenolic OH excluding ortho intramolecular Hbond substituents is 2. The third kappa shape index (κ3) is 4.41. The van der Waals surface area contributed by atoms with Crippen LogP contribution in [-0.4, -0.2) is 82.3 Å². The highest BCUT2D eigenvalue weighted by Crippen LogP contribution is 2.52. The number of phenols is 2. The molecule has 12 nitrogen and oxygen atoms in total. The molecule has 13 heteroatoms. The number of rotatable bonds is 4. The summed E-state index contributed by atoms with van der Waals surface area (Å²) in [4.78, 5) is 39.8. The second-order valence-corrected chi connectivity index (χ2v) is 10.1. The number of aliphatic hydroxyl groups excluding tert-OH is 1. The van der Waals surface area contributed by atoms with Crippen molar-refractivity contribution in [1.82, 2.24) is 0 Å². The fourth-order valence-corrected chi connectivity index (χ4v) is 5.74. The van der Waals surface area contributed by atoms with Gasteiger partial charge in [-0.05, 0) is 13.0 Å². The van der Waals surface area contributed by atoms with Gasteiger partial charge in [-0.3, -0.25) is 9.59 Å². The lowest BCUT2D eigenvalue weighted by Gasteiger charge is -2.41. The first-order valence-electron chi connectivity index (χ1n) is 12.4. The number of aromatic hydroxyl groups is 2. The van der Waals surface area contributed by atoms with Gasteiger partial charge in [0.15, 0.2) is 17.7 Å². The second-order valence-electron chi connectivity index (χ2n) is 10.1. The Morgan fingerprint density at radius 1 is 1.10 bits per heavy atom. The van der Waals surface area contributed by atoms with Crippen molar-refractivity contribution in [3.05, 3.63) is 51.6 Å². The Bertz CT molecular complexity index is 1380. The number of carbonyl (C=O) groups excluding carboxylic acids is 3.